The SMILES string of the molecule is CCc1ccccc1NC(=O)c1cc2n(n1)[C@@H](C(F)(F)F)C[C@H](c1ccco1)N2. The highest BCUT2D eigenvalue weighted by Gasteiger charge is 2.47. The van der Waals surface area contributed by atoms with Gasteiger partial charge in [0.1, 0.15) is 11.6 Å². The van der Waals surface area contributed by atoms with Crippen LogP contribution in [-0.4, -0.2) is 21.9 Å². The Hall–Kier alpha value is -3.23. The van der Waals surface area contributed by atoms with Gasteiger partial charge in [-0.2, -0.15) is 18.3 Å². The fraction of sp³-hybridized carbons (Fsp3) is 0.300. The number of furan rings is 1. The number of halogens is 3. The predicted molar refractivity (Wildman–Crippen MR) is 101 cm³/mol. The molecule has 0 bridgehead atoms. The number of para-hydroxylation sites is 1. The molecule has 9 heteroatoms. The van der Waals surface area contributed by atoms with Crippen LogP contribution in [0.25, 0.3) is 0 Å². The molecule has 1 aliphatic rings. The summed E-state index contributed by atoms with van der Waals surface area (Å²) in [4.78, 5) is 12.7. The van der Waals surface area contributed by atoms with E-state index in [2.05, 4.69) is 15.7 Å². The summed E-state index contributed by atoms with van der Waals surface area (Å²) in [5.74, 6) is -0.0476. The molecule has 6 nitrogen and oxygen atoms in total. The molecule has 152 valence electrons. The third kappa shape index (κ3) is 3.72. The Bertz CT molecular complexity index is 1010. The molecule has 29 heavy (non-hydrogen) atoms. The van der Waals surface area contributed by atoms with Crippen LogP contribution in [0.15, 0.2) is 53.1 Å². The molecule has 0 saturated heterocycles. The molecule has 1 amide bonds. The monoisotopic (exact) mass is 404 g/mol. The number of anilines is 2. The van der Waals surface area contributed by atoms with Crippen molar-refractivity contribution in [3.63, 3.8) is 0 Å². The summed E-state index contributed by atoms with van der Waals surface area (Å²) in [7, 11) is 0. The van der Waals surface area contributed by atoms with Crippen LogP contribution in [0.5, 0.6) is 0 Å². The second kappa shape index (κ2) is 7.31. The number of fused-ring (bicyclic) bond motifs is 1. The molecule has 0 spiro atoms. The van der Waals surface area contributed by atoms with Crippen LogP contribution in [-0.2, 0) is 6.42 Å². The predicted octanol–water partition coefficient (Wildman–Crippen LogP) is 4.95. The van der Waals surface area contributed by atoms with Crippen molar-refractivity contribution < 1.29 is 22.4 Å². The zero-order valence-electron chi connectivity index (χ0n) is 15.5. The number of aryl methyl sites for hydroxylation is 1. The number of hydrogen-bond donors (Lipinski definition) is 2. The molecule has 0 radical (unpaired) electrons. The van der Waals surface area contributed by atoms with Gasteiger partial charge in [0.05, 0.1) is 12.3 Å². The molecule has 0 unspecified atom stereocenters. The summed E-state index contributed by atoms with van der Waals surface area (Å²) in [5.41, 5.74) is 1.45. The average Bonchev–Trinajstić information content (AvgIpc) is 3.36. The van der Waals surface area contributed by atoms with Crippen molar-refractivity contribution in [1.29, 1.82) is 0 Å². The van der Waals surface area contributed by atoms with Gasteiger partial charge in [0, 0.05) is 18.2 Å². The van der Waals surface area contributed by atoms with Crippen molar-refractivity contribution in [3.8, 4) is 0 Å². The molecule has 0 aliphatic carbocycles. The highest BCUT2D eigenvalue weighted by atomic mass is 19.4. The summed E-state index contributed by atoms with van der Waals surface area (Å²) in [5, 5.41) is 9.68. The van der Waals surface area contributed by atoms with Crippen LogP contribution in [0.4, 0.5) is 24.7 Å². The quantitative estimate of drug-likeness (QED) is 0.645. The zero-order valence-corrected chi connectivity index (χ0v) is 15.5. The number of amides is 1. The van der Waals surface area contributed by atoms with Crippen molar-refractivity contribution in [2.75, 3.05) is 10.6 Å². The van der Waals surface area contributed by atoms with Crippen LogP contribution in [0.2, 0.25) is 0 Å². The van der Waals surface area contributed by atoms with Gasteiger partial charge >= 0.3 is 6.18 Å². The van der Waals surface area contributed by atoms with Crippen molar-refractivity contribution in [3.05, 3.63) is 65.7 Å². The first kappa shape index (κ1) is 19.1. The molecule has 1 aliphatic heterocycles. The Morgan fingerprint density at radius 3 is 2.79 bits per heavy atom. The number of alkyl halides is 3. The Labute approximate surface area is 164 Å². The largest absolute Gasteiger partial charge is 0.467 e. The van der Waals surface area contributed by atoms with E-state index in [0.29, 0.717) is 17.9 Å². The van der Waals surface area contributed by atoms with E-state index < -0.39 is 24.2 Å². The maximum absolute atomic E-state index is 13.7. The summed E-state index contributed by atoms with van der Waals surface area (Å²) < 4.78 is 47.1. The van der Waals surface area contributed by atoms with E-state index in [9.17, 15) is 18.0 Å². The van der Waals surface area contributed by atoms with Crippen molar-refractivity contribution in [2.45, 2.75) is 38.0 Å². The molecular weight excluding hydrogens is 385 g/mol. The third-order valence-corrected chi connectivity index (χ3v) is 4.96. The van der Waals surface area contributed by atoms with Gasteiger partial charge in [-0.3, -0.25) is 4.79 Å². The molecule has 0 saturated carbocycles. The summed E-state index contributed by atoms with van der Waals surface area (Å²) >= 11 is 0. The number of nitrogens with one attached hydrogen (secondary N) is 2. The smallest absolute Gasteiger partial charge is 0.410 e. The minimum atomic E-state index is -4.52. The van der Waals surface area contributed by atoms with Gasteiger partial charge in [0.15, 0.2) is 11.7 Å². The second-order valence-electron chi connectivity index (χ2n) is 6.83. The first-order valence-corrected chi connectivity index (χ1v) is 9.22. The maximum Gasteiger partial charge on any atom is 0.410 e. The molecule has 2 N–H and O–H groups in total. The topological polar surface area (TPSA) is 72.1 Å². The van der Waals surface area contributed by atoms with Crippen molar-refractivity contribution in [2.24, 2.45) is 0 Å². The van der Waals surface area contributed by atoms with E-state index in [1.807, 2.05) is 19.1 Å². The van der Waals surface area contributed by atoms with Crippen molar-refractivity contribution in [1.82, 2.24) is 9.78 Å². The van der Waals surface area contributed by atoms with Gasteiger partial charge in [-0.15, -0.1) is 0 Å². The van der Waals surface area contributed by atoms with Crippen molar-refractivity contribution >= 4 is 17.4 Å². The Balaban J connectivity index is 1.64. The van der Waals surface area contributed by atoms with E-state index in [4.69, 9.17) is 4.42 Å². The molecule has 2 aromatic heterocycles. The molecule has 2 atom stereocenters. The second-order valence-corrected chi connectivity index (χ2v) is 6.83. The average molecular weight is 404 g/mol. The third-order valence-electron chi connectivity index (χ3n) is 4.96. The minimum Gasteiger partial charge on any atom is -0.467 e. The van der Waals surface area contributed by atoms with E-state index >= 15 is 0 Å². The fourth-order valence-electron chi connectivity index (χ4n) is 3.50. The lowest BCUT2D eigenvalue weighted by molar-refractivity contribution is -0.174. The van der Waals surface area contributed by atoms with Gasteiger partial charge in [0.2, 0.25) is 0 Å². The first-order chi connectivity index (χ1) is 13.9. The van der Waals surface area contributed by atoms with Crippen LogP contribution in [0.1, 0.15) is 47.2 Å². The van der Waals surface area contributed by atoms with E-state index in [1.54, 1.807) is 24.3 Å². The summed E-state index contributed by atoms with van der Waals surface area (Å²) in [6, 6.07) is 9.30. The minimum absolute atomic E-state index is 0.0900. The number of nitrogens with zero attached hydrogens (tertiary/aromatic N) is 2. The lowest BCUT2D eigenvalue weighted by Crippen LogP contribution is -2.35. The normalized spacial score (nSPS) is 18.8. The number of carbonyl (C=O) groups excluding carboxylic acids is 1. The molecule has 0 fully saturated rings. The van der Waals surface area contributed by atoms with Gasteiger partial charge in [-0.1, -0.05) is 25.1 Å². The molecule has 3 heterocycles. The highest BCUT2D eigenvalue weighted by Crippen LogP contribution is 2.43. The fourth-order valence-corrected chi connectivity index (χ4v) is 3.50. The first-order valence-electron chi connectivity index (χ1n) is 9.22. The number of benzene rings is 1. The van der Waals surface area contributed by atoms with Crippen LogP contribution in [0, 0.1) is 0 Å². The summed E-state index contributed by atoms with van der Waals surface area (Å²) in [6.07, 6.45) is -2.68. The number of rotatable bonds is 4. The number of aromatic nitrogens is 2. The van der Waals surface area contributed by atoms with E-state index in [-0.39, 0.29) is 17.9 Å². The van der Waals surface area contributed by atoms with Crippen LogP contribution in [0.3, 0.4) is 0 Å². The van der Waals surface area contributed by atoms with E-state index in [1.165, 1.54) is 12.3 Å². The van der Waals surface area contributed by atoms with Gasteiger partial charge in [-0.25, -0.2) is 4.68 Å². The van der Waals surface area contributed by atoms with Gasteiger partial charge in [-0.05, 0) is 30.2 Å². The Morgan fingerprint density at radius 2 is 2.10 bits per heavy atom. The number of hydrogen-bond acceptors (Lipinski definition) is 4. The summed E-state index contributed by atoms with van der Waals surface area (Å²) in [6.45, 7) is 1.95. The molecule has 3 aromatic rings. The van der Waals surface area contributed by atoms with Crippen LogP contribution >= 0.6 is 0 Å². The lowest BCUT2D eigenvalue weighted by atomic mass is 10.0. The number of carbonyl (C=O) groups is 1. The molecular formula is C20H19F3N4O2. The zero-order chi connectivity index (χ0) is 20.6. The van der Waals surface area contributed by atoms with Gasteiger partial charge < -0.3 is 15.1 Å². The highest BCUT2D eigenvalue weighted by molar-refractivity contribution is 6.03. The Kier molecular flexibility index (Phi) is 4.81. The standard InChI is InChI=1S/C20H19F3N4O2/c1-2-12-6-3-4-7-13(12)25-19(28)15-11-18-24-14(16-8-5-9-29-16)10-17(20(21,22)23)27(18)26-15/h3-9,11,14,17,24H,2,10H2,1H3,(H,25,28)/t14-,17-/m1/s1. The lowest BCUT2D eigenvalue weighted by Gasteiger charge is -2.32. The molecule has 1 aromatic carbocycles. The van der Waals surface area contributed by atoms with Crippen LogP contribution < -0.4 is 10.6 Å². The Morgan fingerprint density at radius 1 is 1.31 bits per heavy atom. The maximum atomic E-state index is 13.7. The van der Waals surface area contributed by atoms with Gasteiger partial charge in [0.25, 0.3) is 5.91 Å². The van der Waals surface area contributed by atoms with E-state index in [0.717, 1.165) is 10.2 Å². The molecule has 4 rings (SSSR count).